The second kappa shape index (κ2) is 8.33. The summed E-state index contributed by atoms with van der Waals surface area (Å²) in [6.07, 6.45) is 2.96. The van der Waals surface area contributed by atoms with Gasteiger partial charge in [0.15, 0.2) is 0 Å². The molecule has 9 heteroatoms. The third-order valence-electron chi connectivity index (χ3n) is 4.85. The molecule has 0 saturated carbocycles. The Balaban J connectivity index is 1.68. The predicted molar refractivity (Wildman–Crippen MR) is 113 cm³/mol. The maximum absolute atomic E-state index is 12.5. The van der Waals surface area contributed by atoms with Gasteiger partial charge in [0.05, 0.1) is 0 Å². The number of benzene rings is 1. The minimum Gasteiger partial charge on any atom is -0.444 e. The number of amides is 1. The molecule has 0 atom stereocenters. The van der Waals surface area contributed by atoms with Crippen LogP contribution in [0.1, 0.15) is 38.3 Å². The lowest BCUT2D eigenvalue weighted by Crippen LogP contribution is -2.47. The molecule has 1 amide bonds. The summed E-state index contributed by atoms with van der Waals surface area (Å²) < 4.78 is 33.2. The van der Waals surface area contributed by atoms with Crippen molar-refractivity contribution in [2.24, 2.45) is 0 Å². The third-order valence-corrected chi connectivity index (χ3v) is 6.79. The van der Waals surface area contributed by atoms with Crippen LogP contribution in [0.3, 0.4) is 0 Å². The average molecular weight is 423 g/mol. The van der Waals surface area contributed by atoms with Crippen molar-refractivity contribution in [1.29, 1.82) is 0 Å². The van der Waals surface area contributed by atoms with Gasteiger partial charge in [0, 0.05) is 50.3 Å². The molecular formula is C20H30N4O4S. The molecule has 1 fully saturated rings. The highest BCUT2D eigenvalue weighted by atomic mass is 32.2. The Kier molecular flexibility index (Phi) is 6.21. The maximum atomic E-state index is 12.5. The Morgan fingerprint density at radius 1 is 1.28 bits per heavy atom. The molecule has 2 N–H and O–H groups in total. The van der Waals surface area contributed by atoms with Crippen molar-refractivity contribution in [3.05, 3.63) is 35.5 Å². The van der Waals surface area contributed by atoms with E-state index in [0.29, 0.717) is 32.6 Å². The summed E-state index contributed by atoms with van der Waals surface area (Å²) in [6.45, 7) is 7.38. The first-order valence-corrected chi connectivity index (χ1v) is 11.2. The van der Waals surface area contributed by atoms with E-state index in [2.05, 4.69) is 10.3 Å². The number of carbonyl (C=O) groups excluding carboxylic acids is 1. The fraction of sp³-hybridized carbons (Fsp3) is 0.550. The zero-order valence-corrected chi connectivity index (χ0v) is 18.3. The van der Waals surface area contributed by atoms with Crippen molar-refractivity contribution >= 4 is 27.2 Å². The van der Waals surface area contributed by atoms with Crippen molar-refractivity contribution in [2.45, 2.75) is 45.8 Å². The minimum absolute atomic E-state index is 0.351. The number of hydrogen-bond acceptors (Lipinski definition) is 4. The second-order valence-corrected chi connectivity index (χ2v) is 10.4. The monoisotopic (exact) mass is 422 g/mol. The van der Waals surface area contributed by atoms with Gasteiger partial charge in [-0.05, 0) is 56.9 Å². The summed E-state index contributed by atoms with van der Waals surface area (Å²) in [5.74, 6) is 0. The Bertz CT molecular complexity index is 978. The molecule has 1 aromatic heterocycles. The van der Waals surface area contributed by atoms with Crippen LogP contribution in [0.15, 0.2) is 24.4 Å². The standard InChI is InChI=1S/C20H30N4O4S/c1-20(2,3)28-19(25)21-9-8-16-13-22-18-7-6-15(12-17(16)18)14-24-11-5-10-23(4)29(24,26)27/h6-7,12-13,22H,5,8-11,14H2,1-4H3,(H,21,25). The number of rotatable bonds is 5. The summed E-state index contributed by atoms with van der Waals surface area (Å²) in [5, 5.41) is 3.81. The number of aromatic amines is 1. The van der Waals surface area contributed by atoms with Crippen LogP contribution in [0.2, 0.25) is 0 Å². The SMILES string of the molecule is CN1CCCN(Cc2ccc3[nH]cc(CCNC(=O)OC(C)(C)C)c3c2)S1(=O)=O. The van der Waals surface area contributed by atoms with Gasteiger partial charge in [-0.2, -0.15) is 17.0 Å². The van der Waals surface area contributed by atoms with Gasteiger partial charge >= 0.3 is 6.09 Å². The van der Waals surface area contributed by atoms with Crippen LogP contribution in [0, 0.1) is 0 Å². The molecule has 1 saturated heterocycles. The molecule has 8 nitrogen and oxygen atoms in total. The molecule has 0 unspecified atom stereocenters. The molecule has 2 aromatic rings. The number of nitrogens with zero attached hydrogens (tertiary/aromatic N) is 2. The van der Waals surface area contributed by atoms with E-state index in [1.165, 1.54) is 8.61 Å². The highest BCUT2D eigenvalue weighted by Gasteiger charge is 2.30. The van der Waals surface area contributed by atoms with Crippen LogP contribution in [0.5, 0.6) is 0 Å². The lowest BCUT2D eigenvalue weighted by molar-refractivity contribution is 0.0528. The summed E-state index contributed by atoms with van der Waals surface area (Å²) in [6, 6.07) is 5.94. The van der Waals surface area contributed by atoms with Gasteiger partial charge in [-0.3, -0.25) is 0 Å². The van der Waals surface area contributed by atoms with Gasteiger partial charge in [-0.25, -0.2) is 4.79 Å². The minimum atomic E-state index is -3.39. The largest absolute Gasteiger partial charge is 0.444 e. The highest BCUT2D eigenvalue weighted by molar-refractivity contribution is 7.86. The molecule has 2 heterocycles. The van der Waals surface area contributed by atoms with E-state index < -0.39 is 21.9 Å². The van der Waals surface area contributed by atoms with E-state index in [1.807, 2.05) is 45.2 Å². The number of alkyl carbamates (subject to hydrolysis) is 1. The van der Waals surface area contributed by atoms with Crippen LogP contribution in [0.4, 0.5) is 4.79 Å². The Morgan fingerprint density at radius 3 is 2.76 bits per heavy atom. The molecule has 29 heavy (non-hydrogen) atoms. The van der Waals surface area contributed by atoms with Gasteiger partial charge in [0.25, 0.3) is 10.2 Å². The molecule has 160 valence electrons. The molecule has 1 aromatic carbocycles. The summed E-state index contributed by atoms with van der Waals surface area (Å²) in [7, 11) is -1.77. The van der Waals surface area contributed by atoms with Gasteiger partial charge in [-0.1, -0.05) is 6.07 Å². The fourth-order valence-corrected chi connectivity index (χ4v) is 4.83. The molecule has 3 rings (SSSR count). The number of fused-ring (bicyclic) bond motifs is 1. The topological polar surface area (TPSA) is 94.7 Å². The summed E-state index contributed by atoms with van der Waals surface area (Å²) >= 11 is 0. The van der Waals surface area contributed by atoms with E-state index in [9.17, 15) is 13.2 Å². The molecule has 0 bridgehead atoms. The lowest BCUT2D eigenvalue weighted by atomic mass is 10.1. The number of nitrogens with one attached hydrogen (secondary N) is 2. The summed E-state index contributed by atoms with van der Waals surface area (Å²) in [4.78, 5) is 15.0. The van der Waals surface area contributed by atoms with E-state index in [-0.39, 0.29) is 0 Å². The number of carbonyl (C=O) groups is 1. The van der Waals surface area contributed by atoms with Crippen LogP contribution < -0.4 is 5.32 Å². The number of aromatic nitrogens is 1. The lowest BCUT2D eigenvalue weighted by Gasteiger charge is -2.32. The first kappa shape index (κ1) is 21.6. The molecule has 0 spiro atoms. The first-order valence-electron chi connectivity index (χ1n) is 9.83. The molecule has 1 aliphatic heterocycles. The first-order chi connectivity index (χ1) is 13.6. The smallest absolute Gasteiger partial charge is 0.407 e. The number of hydrogen-bond donors (Lipinski definition) is 2. The van der Waals surface area contributed by atoms with Crippen molar-refractivity contribution < 1.29 is 17.9 Å². The molecule has 0 radical (unpaired) electrons. The fourth-order valence-electron chi connectivity index (χ4n) is 3.41. The predicted octanol–water partition coefficient (Wildman–Crippen LogP) is 2.62. The van der Waals surface area contributed by atoms with Gasteiger partial charge in [0.1, 0.15) is 5.60 Å². The number of H-pyrrole nitrogens is 1. The van der Waals surface area contributed by atoms with Gasteiger partial charge < -0.3 is 15.0 Å². The maximum Gasteiger partial charge on any atom is 0.407 e. The second-order valence-electron chi connectivity index (χ2n) is 8.39. The van der Waals surface area contributed by atoms with E-state index in [0.717, 1.165) is 28.5 Å². The Labute approximate surface area is 172 Å². The average Bonchev–Trinajstić information content (AvgIpc) is 3.00. The van der Waals surface area contributed by atoms with E-state index in [1.54, 1.807) is 7.05 Å². The van der Waals surface area contributed by atoms with Crippen LogP contribution in [0.25, 0.3) is 10.9 Å². The van der Waals surface area contributed by atoms with Crippen LogP contribution in [-0.2, 0) is 27.9 Å². The normalized spacial score (nSPS) is 18.1. The Morgan fingerprint density at radius 2 is 2.03 bits per heavy atom. The van der Waals surface area contributed by atoms with Crippen molar-refractivity contribution in [3.8, 4) is 0 Å². The number of ether oxygens (including phenoxy) is 1. The third kappa shape index (κ3) is 5.29. The molecule has 1 aliphatic rings. The van der Waals surface area contributed by atoms with Gasteiger partial charge in [-0.15, -0.1) is 0 Å². The van der Waals surface area contributed by atoms with E-state index >= 15 is 0 Å². The van der Waals surface area contributed by atoms with E-state index in [4.69, 9.17) is 4.74 Å². The van der Waals surface area contributed by atoms with Gasteiger partial charge in [0.2, 0.25) is 0 Å². The molecular weight excluding hydrogens is 392 g/mol. The summed E-state index contributed by atoms with van der Waals surface area (Å²) in [5.41, 5.74) is 2.47. The van der Waals surface area contributed by atoms with Crippen molar-refractivity contribution in [2.75, 3.05) is 26.7 Å². The van der Waals surface area contributed by atoms with Crippen LogP contribution >= 0.6 is 0 Å². The zero-order valence-electron chi connectivity index (χ0n) is 17.5. The Hall–Kier alpha value is -2.10. The van der Waals surface area contributed by atoms with Crippen molar-refractivity contribution in [1.82, 2.24) is 18.9 Å². The highest BCUT2D eigenvalue weighted by Crippen LogP contribution is 2.23. The zero-order chi connectivity index (χ0) is 21.2. The molecule has 0 aliphatic carbocycles. The van der Waals surface area contributed by atoms with Crippen LogP contribution in [-0.4, -0.2) is 60.4 Å². The quantitative estimate of drug-likeness (QED) is 0.774. The van der Waals surface area contributed by atoms with Crippen molar-refractivity contribution in [3.63, 3.8) is 0 Å².